The van der Waals surface area contributed by atoms with Crippen LogP contribution in [0.3, 0.4) is 0 Å². The van der Waals surface area contributed by atoms with E-state index in [0.717, 1.165) is 5.56 Å². The maximum absolute atomic E-state index is 11.6. The van der Waals surface area contributed by atoms with Gasteiger partial charge in [-0.1, -0.05) is 23.7 Å². The fourth-order valence-corrected chi connectivity index (χ4v) is 3.45. The highest BCUT2D eigenvalue weighted by molar-refractivity contribution is 6.32. The molecule has 1 N–H and O–H groups in total. The minimum absolute atomic E-state index is 0.149. The number of nitrogens with zero attached hydrogens (tertiary/aromatic N) is 3. The first-order chi connectivity index (χ1) is 14.5. The van der Waals surface area contributed by atoms with Crippen molar-refractivity contribution < 1.29 is 14.4 Å². The molecule has 1 aromatic heterocycles. The Kier molecular flexibility index (Phi) is 6.68. The van der Waals surface area contributed by atoms with Gasteiger partial charge in [-0.05, 0) is 31.0 Å². The number of hydrogen-bond donors (Lipinski definition) is 1. The van der Waals surface area contributed by atoms with Crippen LogP contribution in [0.25, 0.3) is 10.9 Å². The van der Waals surface area contributed by atoms with Crippen molar-refractivity contribution in [2.24, 2.45) is 0 Å². The predicted molar refractivity (Wildman–Crippen MR) is 117 cm³/mol. The van der Waals surface area contributed by atoms with Gasteiger partial charge >= 0.3 is 5.69 Å². The van der Waals surface area contributed by atoms with Crippen molar-refractivity contribution in [3.63, 3.8) is 0 Å². The first-order valence-corrected chi connectivity index (χ1v) is 9.62. The number of nitro benzene ring substituents is 1. The van der Waals surface area contributed by atoms with Gasteiger partial charge in [0, 0.05) is 18.2 Å². The van der Waals surface area contributed by atoms with E-state index in [4.69, 9.17) is 21.1 Å². The fourth-order valence-electron chi connectivity index (χ4n) is 3.19. The predicted octanol–water partition coefficient (Wildman–Crippen LogP) is 4.94. The summed E-state index contributed by atoms with van der Waals surface area (Å²) in [5, 5.41) is 15.9. The van der Waals surface area contributed by atoms with Gasteiger partial charge in [-0.3, -0.25) is 10.1 Å². The zero-order valence-corrected chi connectivity index (χ0v) is 17.4. The summed E-state index contributed by atoms with van der Waals surface area (Å²) >= 11 is 6.25. The number of fused-ring (bicyclic) bond motifs is 1. The fraction of sp³-hybridized carbons (Fsp3) is 0.238. The number of methoxy groups -OCH3 is 1. The Morgan fingerprint density at radius 1 is 1.33 bits per heavy atom. The topological polar surface area (TPSA) is 99.4 Å². The highest BCUT2D eigenvalue weighted by atomic mass is 35.5. The number of aromatic nitrogens is 2. The Balaban J connectivity index is 2.01. The van der Waals surface area contributed by atoms with Gasteiger partial charge in [-0.15, -0.1) is 6.58 Å². The first kappa shape index (κ1) is 21.3. The summed E-state index contributed by atoms with van der Waals surface area (Å²) in [7, 11) is 1.40. The molecule has 156 valence electrons. The second-order valence-electron chi connectivity index (χ2n) is 6.33. The van der Waals surface area contributed by atoms with Crippen LogP contribution in [0.15, 0.2) is 43.2 Å². The molecule has 0 aliphatic carbocycles. The Bertz CT molecular complexity index is 1100. The number of ether oxygens (including phenoxy) is 2. The monoisotopic (exact) mass is 428 g/mol. The molecule has 0 unspecified atom stereocenters. The number of halogens is 1. The van der Waals surface area contributed by atoms with Crippen LogP contribution in [0.4, 0.5) is 11.5 Å². The van der Waals surface area contributed by atoms with Crippen molar-refractivity contribution in [1.82, 2.24) is 9.97 Å². The SMILES string of the molecule is C=CCc1c(OC)c([N+](=O)[O-])cc2c(NCc3ccc(OCC)c(Cl)c3)ncnc12. The summed E-state index contributed by atoms with van der Waals surface area (Å²) < 4.78 is 10.8. The quantitative estimate of drug-likeness (QED) is 0.292. The molecule has 0 fully saturated rings. The van der Waals surface area contributed by atoms with Crippen molar-refractivity contribution in [2.45, 2.75) is 19.9 Å². The molecule has 1 heterocycles. The van der Waals surface area contributed by atoms with E-state index in [1.807, 2.05) is 13.0 Å². The van der Waals surface area contributed by atoms with Gasteiger partial charge in [-0.25, -0.2) is 9.97 Å². The Morgan fingerprint density at radius 3 is 2.77 bits per heavy atom. The van der Waals surface area contributed by atoms with E-state index < -0.39 is 4.92 Å². The van der Waals surface area contributed by atoms with Gasteiger partial charge in [0.25, 0.3) is 0 Å². The highest BCUT2D eigenvalue weighted by Crippen LogP contribution is 2.38. The molecule has 0 saturated carbocycles. The molecule has 2 aromatic carbocycles. The largest absolute Gasteiger partial charge is 0.492 e. The molecular weight excluding hydrogens is 408 g/mol. The lowest BCUT2D eigenvalue weighted by molar-refractivity contribution is -0.385. The van der Waals surface area contributed by atoms with E-state index in [-0.39, 0.29) is 11.4 Å². The van der Waals surface area contributed by atoms with Gasteiger partial charge in [0.05, 0.1) is 34.6 Å². The third-order valence-corrected chi connectivity index (χ3v) is 4.76. The van der Waals surface area contributed by atoms with Crippen LogP contribution in [0.5, 0.6) is 11.5 Å². The van der Waals surface area contributed by atoms with Gasteiger partial charge in [0.15, 0.2) is 0 Å². The van der Waals surface area contributed by atoms with Crippen molar-refractivity contribution in [1.29, 1.82) is 0 Å². The van der Waals surface area contributed by atoms with Crippen LogP contribution >= 0.6 is 11.6 Å². The molecule has 30 heavy (non-hydrogen) atoms. The maximum Gasteiger partial charge on any atom is 0.312 e. The molecule has 0 spiro atoms. The number of nitro groups is 1. The zero-order chi connectivity index (χ0) is 21.7. The number of benzene rings is 2. The summed E-state index contributed by atoms with van der Waals surface area (Å²) in [6.07, 6.45) is 3.43. The number of allylic oxidation sites excluding steroid dienone is 1. The number of rotatable bonds is 9. The van der Waals surface area contributed by atoms with E-state index >= 15 is 0 Å². The Morgan fingerprint density at radius 2 is 2.13 bits per heavy atom. The standard InChI is InChI=1S/C21H21ClN4O4/c1-4-6-14-19-15(10-17(26(27)28)20(14)29-3)21(25-12-24-19)23-11-13-7-8-18(30-5-2)16(22)9-13/h4,7-10,12H,1,5-6,11H2,2-3H3,(H,23,24,25). The summed E-state index contributed by atoms with van der Waals surface area (Å²) in [5.74, 6) is 1.27. The second-order valence-corrected chi connectivity index (χ2v) is 6.73. The molecule has 0 aliphatic rings. The molecule has 8 nitrogen and oxygen atoms in total. The molecule has 9 heteroatoms. The van der Waals surface area contributed by atoms with E-state index in [9.17, 15) is 10.1 Å². The average Bonchev–Trinajstić information content (AvgIpc) is 2.73. The minimum atomic E-state index is -0.478. The van der Waals surface area contributed by atoms with Gasteiger partial charge in [0.2, 0.25) is 5.75 Å². The van der Waals surface area contributed by atoms with Crippen LogP contribution in [0, 0.1) is 10.1 Å². The first-order valence-electron chi connectivity index (χ1n) is 9.25. The van der Waals surface area contributed by atoms with Crippen LogP contribution in [-0.2, 0) is 13.0 Å². The van der Waals surface area contributed by atoms with E-state index in [1.54, 1.807) is 18.2 Å². The number of hydrogen-bond acceptors (Lipinski definition) is 7. The van der Waals surface area contributed by atoms with Gasteiger partial charge < -0.3 is 14.8 Å². The van der Waals surface area contributed by atoms with E-state index in [2.05, 4.69) is 21.9 Å². The lowest BCUT2D eigenvalue weighted by atomic mass is 10.0. The molecule has 0 radical (unpaired) electrons. The summed E-state index contributed by atoms with van der Waals surface area (Å²) in [6, 6.07) is 6.92. The van der Waals surface area contributed by atoms with Crippen molar-refractivity contribution in [3.05, 3.63) is 69.5 Å². The molecule has 0 saturated heterocycles. The molecular formula is C21H21ClN4O4. The zero-order valence-electron chi connectivity index (χ0n) is 16.6. The molecule has 0 bridgehead atoms. The van der Waals surface area contributed by atoms with E-state index in [1.165, 1.54) is 19.5 Å². The van der Waals surface area contributed by atoms with E-state index in [0.29, 0.717) is 52.6 Å². The van der Waals surface area contributed by atoms with Crippen molar-refractivity contribution in [2.75, 3.05) is 19.0 Å². The molecule has 0 amide bonds. The summed E-state index contributed by atoms with van der Waals surface area (Å²) in [6.45, 7) is 6.56. The third kappa shape index (κ3) is 4.28. The van der Waals surface area contributed by atoms with Crippen molar-refractivity contribution >= 4 is 34.0 Å². The highest BCUT2D eigenvalue weighted by Gasteiger charge is 2.24. The van der Waals surface area contributed by atoms with Crippen molar-refractivity contribution in [3.8, 4) is 11.5 Å². The van der Waals surface area contributed by atoms with Crippen LogP contribution in [0.2, 0.25) is 5.02 Å². The Labute approximate surface area is 178 Å². The van der Waals surface area contributed by atoms with Crippen LogP contribution in [0.1, 0.15) is 18.1 Å². The second kappa shape index (κ2) is 9.41. The third-order valence-electron chi connectivity index (χ3n) is 4.46. The molecule has 3 aromatic rings. The van der Waals surface area contributed by atoms with Gasteiger partial charge in [-0.2, -0.15) is 0 Å². The summed E-state index contributed by atoms with van der Waals surface area (Å²) in [4.78, 5) is 19.7. The minimum Gasteiger partial charge on any atom is -0.492 e. The number of nitrogens with one attached hydrogen (secondary N) is 1. The lowest BCUT2D eigenvalue weighted by Crippen LogP contribution is -2.06. The number of anilines is 1. The van der Waals surface area contributed by atoms with Gasteiger partial charge in [0.1, 0.15) is 17.9 Å². The lowest BCUT2D eigenvalue weighted by Gasteiger charge is -2.14. The maximum atomic E-state index is 11.6. The van der Waals surface area contributed by atoms with Crippen LogP contribution in [-0.4, -0.2) is 28.6 Å². The average molecular weight is 429 g/mol. The smallest absolute Gasteiger partial charge is 0.312 e. The van der Waals surface area contributed by atoms with Crippen LogP contribution < -0.4 is 14.8 Å². The normalized spacial score (nSPS) is 10.6. The summed E-state index contributed by atoms with van der Waals surface area (Å²) in [5.41, 5.74) is 1.92. The Hall–Kier alpha value is -3.39. The molecule has 3 rings (SSSR count). The molecule has 0 atom stereocenters. The molecule has 0 aliphatic heterocycles.